The summed E-state index contributed by atoms with van der Waals surface area (Å²) in [5, 5.41) is 11.8. The minimum atomic E-state index is -1.02. The molecule has 1 amide bonds. The molecule has 7 heteroatoms. The molecule has 0 saturated heterocycles. The van der Waals surface area contributed by atoms with Gasteiger partial charge >= 0.3 is 5.97 Å². The van der Waals surface area contributed by atoms with Crippen LogP contribution in [-0.2, 0) is 19.0 Å². The van der Waals surface area contributed by atoms with Gasteiger partial charge in [0.05, 0.1) is 24.9 Å². The molecule has 0 aliphatic heterocycles. The monoisotopic (exact) mass is 403 g/mol. The van der Waals surface area contributed by atoms with E-state index in [4.69, 9.17) is 19.3 Å². The number of carboxylic acids is 1. The molecular formula is C22H29NO6. The summed E-state index contributed by atoms with van der Waals surface area (Å²) >= 11 is 0. The number of hydrogen-bond donors (Lipinski definition) is 2. The number of allylic oxidation sites excluding steroid dienone is 1. The van der Waals surface area contributed by atoms with Gasteiger partial charge in [0, 0.05) is 17.2 Å². The summed E-state index contributed by atoms with van der Waals surface area (Å²) in [6.45, 7) is 9.54. The van der Waals surface area contributed by atoms with Gasteiger partial charge in [-0.2, -0.15) is 0 Å². The van der Waals surface area contributed by atoms with Crippen molar-refractivity contribution in [2.45, 2.75) is 52.9 Å². The van der Waals surface area contributed by atoms with Gasteiger partial charge in [-0.1, -0.05) is 6.92 Å². The second-order valence-electron chi connectivity index (χ2n) is 7.43. The molecule has 0 aromatic heterocycles. The van der Waals surface area contributed by atoms with E-state index in [1.807, 2.05) is 34.6 Å². The predicted molar refractivity (Wildman–Crippen MR) is 110 cm³/mol. The molecule has 2 unspecified atom stereocenters. The van der Waals surface area contributed by atoms with Crippen molar-refractivity contribution >= 4 is 17.6 Å². The molecular weight excluding hydrogens is 374 g/mol. The number of ether oxygens (including phenoxy) is 3. The molecule has 1 aliphatic carbocycles. The second-order valence-corrected chi connectivity index (χ2v) is 7.43. The number of nitrogens with one attached hydrogen (secondary N) is 1. The Morgan fingerprint density at radius 2 is 1.69 bits per heavy atom. The highest BCUT2D eigenvalue weighted by Gasteiger charge is 2.37. The normalized spacial score (nSPS) is 19.2. The van der Waals surface area contributed by atoms with Crippen molar-refractivity contribution < 1.29 is 28.9 Å². The Labute approximate surface area is 171 Å². The van der Waals surface area contributed by atoms with E-state index in [1.54, 1.807) is 25.3 Å². The first-order valence-corrected chi connectivity index (χ1v) is 9.60. The fourth-order valence-corrected chi connectivity index (χ4v) is 3.08. The number of anilines is 1. The molecule has 0 saturated carbocycles. The lowest BCUT2D eigenvalue weighted by atomic mass is 9.87. The fraction of sp³-hybridized carbons (Fsp3) is 0.455. The highest BCUT2D eigenvalue weighted by atomic mass is 16.6. The average Bonchev–Trinajstić information content (AvgIpc) is 2.63. The van der Waals surface area contributed by atoms with Crippen LogP contribution in [0.4, 0.5) is 5.69 Å². The number of hydrogen-bond acceptors (Lipinski definition) is 5. The van der Waals surface area contributed by atoms with Crippen LogP contribution in [0.2, 0.25) is 0 Å². The Hall–Kier alpha value is -2.80. The molecule has 158 valence electrons. The van der Waals surface area contributed by atoms with E-state index in [2.05, 4.69) is 5.32 Å². The van der Waals surface area contributed by atoms with Crippen molar-refractivity contribution in [3.8, 4) is 0 Å². The molecule has 0 radical (unpaired) electrons. The van der Waals surface area contributed by atoms with Crippen molar-refractivity contribution in [3.05, 3.63) is 53.0 Å². The second kappa shape index (κ2) is 9.60. The van der Waals surface area contributed by atoms with Crippen LogP contribution in [0, 0.1) is 5.92 Å². The zero-order valence-electron chi connectivity index (χ0n) is 17.7. The predicted octanol–water partition coefficient (Wildman–Crippen LogP) is 3.98. The number of amides is 1. The minimum absolute atomic E-state index is 0.0705. The van der Waals surface area contributed by atoms with Gasteiger partial charge in [0.15, 0.2) is 11.5 Å². The van der Waals surface area contributed by atoms with E-state index in [0.717, 1.165) is 0 Å². The average molecular weight is 403 g/mol. The molecule has 2 N–H and O–H groups in total. The lowest BCUT2D eigenvalue weighted by molar-refractivity contribution is -0.114. The van der Waals surface area contributed by atoms with E-state index in [-0.39, 0.29) is 29.6 Å². The molecule has 1 aliphatic rings. The van der Waals surface area contributed by atoms with E-state index in [9.17, 15) is 9.59 Å². The molecule has 29 heavy (non-hydrogen) atoms. The van der Waals surface area contributed by atoms with Crippen LogP contribution >= 0.6 is 0 Å². The summed E-state index contributed by atoms with van der Waals surface area (Å²) in [7, 11) is 1.56. The zero-order valence-corrected chi connectivity index (χ0v) is 17.7. The molecule has 2 rings (SSSR count). The largest absolute Gasteiger partial charge is 0.494 e. The molecule has 1 aromatic rings. The van der Waals surface area contributed by atoms with Crippen molar-refractivity contribution in [2.24, 2.45) is 5.92 Å². The SMILES string of the molecule is COC1=C(OC(C)C)C=C(C(=O)Nc2ccc(C(=O)O)cc2)C(C)C1OC(C)C. The summed E-state index contributed by atoms with van der Waals surface area (Å²) in [5.74, 6) is -0.573. The molecule has 0 spiro atoms. The molecule has 0 heterocycles. The number of aromatic carboxylic acids is 1. The third-order valence-corrected chi connectivity index (χ3v) is 4.39. The Kier molecular flexibility index (Phi) is 7.45. The Morgan fingerprint density at radius 3 is 2.17 bits per heavy atom. The molecule has 7 nitrogen and oxygen atoms in total. The van der Waals surface area contributed by atoms with E-state index in [0.29, 0.717) is 22.8 Å². The number of carboxylic acid groups (broad SMARTS) is 1. The third-order valence-electron chi connectivity index (χ3n) is 4.39. The number of benzene rings is 1. The van der Waals surface area contributed by atoms with E-state index >= 15 is 0 Å². The van der Waals surface area contributed by atoms with Gasteiger partial charge in [-0.3, -0.25) is 4.79 Å². The first-order chi connectivity index (χ1) is 13.6. The van der Waals surface area contributed by atoms with Crippen molar-refractivity contribution in [3.63, 3.8) is 0 Å². The minimum Gasteiger partial charge on any atom is -0.494 e. The van der Waals surface area contributed by atoms with Gasteiger partial charge in [-0.25, -0.2) is 4.79 Å². The van der Waals surface area contributed by atoms with Gasteiger partial charge in [-0.05, 0) is 58.0 Å². The highest BCUT2D eigenvalue weighted by Crippen LogP contribution is 2.34. The molecule has 1 aromatic carbocycles. The summed E-state index contributed by atoms with van der Waals surface area (Å²) in [6.07, 6.45) is 1.05. The lowest BCUT2D eigenvalue weighted by Crippen LogP contribution is -2.36. The maximum absolute atomic E-state index is 13.0. The third kappa shape index (κ3) is 5.60. The van der Waals surface area contributed by atoms with Crippen molar-refractivity contribution in [1.82, 2.24) is 0 Å². The topological polar surface area (TPSA) is 94.1 Å². The van der Waals surface area contributed by atoms with Gasteiger partial charge in [-0.15, -0.1) is 0 Å². The van der Waals surface area contributed by atoms with Crippen LogP contribution in [0.15, 0.2) is 47.4 Å². The maximum Gasteiger partial charge on any atom is 0.335 e. The van der Waals surface area contributed by atoms with E-state index in [1.165, 1.54) is 12.1 Å². The molecule has 0 fully saturated rings. The van der Waals surface area contributed by atoms with Crippen LogP contribution in [0.25, 0.3) is 0 Å². The van der Waals surface area contributed by atoms with Crippen molar-refractivity contribution in [2.75, 3.05) is 12.4 Å². The Balaban J connectivity index is 2.34. The summed E-state index contributed by atoms with van der Waals surface area (Å²) in [6, 6.07) is 5.99. The first-order valence-electron chi connectivity index (χ1n) is 9.60. The van der Waals surface area contributed by atoms with Crippen LogP contribution in [0.1, 0.15) is 45.0 Å². The van der Waals surface area contributed by atoms with Crippen molar-refractivity contribution in [1.29, 1.82) is 0 Å². The number of rotatable bonds is 8. The smallest absolute Gasteiger partial charge is 0.335 e. The fourth-order valence-electron chi connectivity index (χ4n) is 3.08. The van der Waals surface area contributed by atoms with Gasteiger partial charge in [0.2, 0.25) is 0 Å². The highest BCUT2D eigenvalue weighted by molar-refractivity contribution is 6.05. The summed E-state index contributed by atoms with van der Waals surface area (Å²) in [5.41, 5.74) is 1.15. The van der Waals surface area contributed by atoms with Gasteiger partial charge < -0.3 is 24.6 Å². The van der Waals surface area contributed by atoms with Crippen LogP contribution < -0.4 is 5.32 Å². The van der Waals surface area contributed by atoms with Crippen LogP contribution in [0.5, 0.6) is 0 Å². The Bertz CT molecular complexity index is 807. The van der Waals surface area contributed by atoms with Gasteiger partial charge in [0.1, 0.15) is 6.10 Å². The number of carbonyl (C=O) groups excluding carboxylic acids is 1. The molecule has 0 bridgehead atoms. The maximum atomic E-state index is 13.0. The standard InChI is InChI=1S/C22H29NO6/c1-12(2)28-18-11-17(14(5)19(20(18)27-6)29-13(3)4)21(24)23-16-9-7-15(8-10-16)22(25)26/h7-14,19H,1-6H3,(H,23,24)(H,25,26). The van der Waals surface area contributed by atoms with E-state index < -0.39 is 12.1 Å². The van der Waals surface area contributed by atoms with Crippen LogP contribution in [-0.4, -0.2) is 42.4 Å². The zero-order chi connectivity index (χ0) is 21.7. The quantitative estimate of drug-likeness (QED) is 0.682. The lowest BCUT2D eigenvalue weighted by Gasteiger charge is -2.33. The molecule has 2 atom stereocenters. The number of methoxy groups -OCH3 is 1. The first kappa shape index (κ1) is 22.5. The van der Waals surface area contributed by atoms with Gasteiger partial charge in [0.25, 0.3) is 5.91 Å². The van der Waals surface area contributed by atoms with Crippen LogP contribution in [0.3, 0.4) is 0 Å². The summed E-state index contributed by atoms with van der Waals surface area (Å²) < 4.78 is 17.5. The summed E-state index contributed by atoms with van der Waals surface area (Å²) in [4.78, 5) is 24.0. The number of carbonyl (C=O) groups is 2. The Morgan fingerprint density at radius 1 is 1.07 bits per heavy atom.